The van der Waals surface area contributed by atoms with Gasteiger partial charge in [-0.25, -0.2) is 0 Å². The molecule has 4 atom stereocenters. The molecular formula is C17H24O3. The first-order valence-corrected chi connectivity index (χ1v) is 7.58. The Kier molecular flexibility index (Phi) is 3.41. The predicted octanol–water partition coefficient (Wildman–Crippen LogP) is 3.71. The van der Waals surface area contributed by atoms with Crippen molar-refractivity contribution in [2.24, 2.45) is 11.8 Å². The summed E-state index contributed by atoms with van der Waals surface area (Å²) in [7, 11) is 1.65. The van der Waals surface area contributed by atoms with E-state index in [4.69, 9.17) is 9.47 Å². The second-order valence-corrected chi connectivity index (χ2v) is 6.61. The Hall–Kier alpha value is -1.22. The maximum absolute atomic E-state index is 10.5. The Labute approximate surface area is 120 Å². The molecule has 1 aromatic rings. The molecule has 1 fully saturated rings. The minimum atomic E-state index is -0.426. The van der Waals surface area contributed by atoms with Crippen LogP contribution in [0.1, 0.15) is 51.2 Å². The van der Waals surface area contributed by atoms with Crippen LogP contribution in [0.5, 0.6) is 11.5 Å². The molecule has 1 aromatic carbocycles. The fraction of sp³-hybridized carbons (Fsp3) is 0.647. The smallest absolute Gasteiger partial charge is 0.129 e. The molecule has 1 aliphatic heterocycles. The summed E-state index contributed by atoms with van der Waals surface area (Å²) in [5, 5.41) is 10.5. The van der Waals surface area contributed by atoms with Crippen molar-refractivity contribution >= 4 is 0 Å². The van der Waals surface area contributed by atoms with Gasteiger partial charge in [0.2, 0.25) is 0 Å². The minimum absolute atomic E-state index is 0.190. The van der Waals surface area contributed by atoms with Crippen molar-refractivity contribution in [3.63, 3.8) is 0 Å². The number of aliphatic hydroxyl groups excluding tert-OH is 1. The molecule has 1 N–H and O–H groups in total. The SMILES string of the molecule is COc1ccc2c(c1)OC1(CCC(C)C(C)C1)C[C@@H]2O. The van der Waals surface area contributed by atoms with Crippen LogP contribution < -0.4 is 9.47 Å². The third-order valence-corrected chi connectivity index (χ3v) is 5.19. The average molecular weight is 276 g/mol. The quantitative estimate of drug-likeness (QED) is 0.850. The second kappa shape index (κ2) is 4.96. The third kappa shape index (κ3) is 2.28. The van der Waals surface area contributed by atoms with Crippen LogP contribution in [0.2, 0.25) is 0 Å². The zero-order valence-electron chi connectivity index (χ0n) is 12.6. The fourth-order valence-corrected chi connectivity index (χ4v) is 3.69. The third-order valence-electron chi connectivity index (χ3n) is 5.19. The van der Waals surface area contributed by atoms with Crippen LogP contribution in [-0.4, -0.2) is 17.8 Å². The number of benzene rings is 1. The number of rotatable bonds is 1. The molecular weight excluding hydrogens is 252 g/mol. The summed E-state index contributed by atoms with van der Waals surface area (Å²) in [4.78, 5) is 0. The van der Waals surface area contributed by atoms with Crippen molar-refractivity contribution in [3.8, 4) is 11.5 Å². The van der Waals surface area contributed by atoms with E-state index in [-0.39, 0.29) is 5.60 Å². The van der Waals surface area contributed by atoms with Crippen molar-refractivity contribution in [3.05, 3.63) is 23.8 Å². The average Bonchev–Trinajstić information content (AvgIpc) is 2.43. The lowest BCUT2D eigenvalue weighted by molar-refractivity contribution is -0.0602. The van der Waals surface area contributed by atoms with Gasteiger partial charge in [0.1, 0.15) is 17.1 Å². The van der Waals surface area contributed by atoms with Crippen LogP contribution in [0.4, 0.5) is 0 Å². The van der Waals surface area contributed by atoms with E-state index in [9.17, 15) is 5.11 Å². The zero-order chi connectivity index (χ0) is 14.3. The number of hydrogen-bond donors (Lipinski definition) is 1. The van der Waals surface area contributed by atoms with Crippen molar-refractivity contribution in [2.75, 3.05) is 7.11 Å². The van der Waals surface area contributed by atoms with Crippen LogP contribution in [0.25, 0.3) is 0 Å². The van der Waals surface area contributed by atoms with E-state index in [1.807, 2.05) is 18.2 Å². The van der Waals surface area contributed by atoms with Gasteiger partial charge in [0.15, 0.2) is 0 Å². The molecule has 3 heteroatoms. The molecule has 0 amide bonds. The van der Waals surface area contributed by atoms with Crippen LogP contribution >= 0.6 is 0 Å². The highest BCUT2D eigenvalue weighted by Crippen LogP contribution is 2.49. The van der Waals surface area contributed by atoms with Gasteiger partial charge in [-0.2, -0.15) is 0 Å². The molecule has 110 valence electrons. The van der Waals surface area contributed by atoms with Crippen molar-refractivity contribution in [1.29, 1.82) is 0 Å². The maximum Gasteiger partial charge on any atom is 0.129 e. The number of hydrogen-bond acceptors (Lipinski definition) is 3. The van der Waals surface area contributed by atoms with E-state index in [0.29, 0.717) is 12.3 Å². The predicted molar refractivity (Wildman–Crippen MR) is 78.1 cm³/mol. The summed E-state index contributed by atoms with van der Waals surface area (Å²) in [6.07, 6.45) is 3.52. The topological polar surface area (TPSA) is 38.7 Å². The van der Waals surface area contributed by atoms with Gasteiger partial charge < -0.3 is 14.6 Å². The summed E-state index contributed by atoms with van der Waals surface area (Å²) in [6.45, 7) is 4.61. The monoisotopic (exact) mass is 276 g/mol. The molecule has 1 heterocycles. The molecule has 0 saturated heterocycles. The van der Waals surface area contributed by atoms with Gasteiger partial charge in [0.25, 0.3) is 0 Å². The van der Waals surface area contributed by atoms with Gasteiger partial charge in [-0.05, 0) is 43.2 Å². The van der Waals surface area contributed by atoms with Crippen molar-refractivity contribution in [2.45, 2.75) is 51.2 Å². The van der Waals surface area contributed by atoms with Gasteiger partial charge in [-0.15, -0.1) is 0 Å². The van der Waals surface area contributed by atoms with Crippen LogP contribution in [0, 0.1) is 11.8 Å². The van der Waals surface area contributed by atoms with E-state index >= 15 is 0 Å². The summed E-state index contributed by atoms with van der Waals surface area (Å²) in [5.74, 6) is 2.96. The zero-order valence-corrected chi connectivity index (χ0v) is 12.6. The maximum atomic E-state index is 10.5. The standard InChI is InChI=1S/C17H24O3/c1-11-6-7-17(9-12(11)2)10-15(18)14-5-4-13(19-3)8-16(14)20-17/h4-5,8,11-12,15,18H,6-7,9-10H2,1-3H3/t11?,12?,15-,17?/m0/s1. The number of aliphatic hydroxyl groups is 1. The fourth-order valence-electron chi connectivity index (χ4n) is 3.69. The first-order valence-electron chi connectivity index (χ1n) is 7.58. The summed E-state index contributed by atoms with van der Waals surface area (Å²) in [6, 6.07) is 5.71. The van der Waals surface area contributed by atoms with E-state index in [1.54, 1.807) is 7.11 Å². The number of methoxy groups -OCH3 is 1. The molecule has 3 rings (SSSR count). The molecule has 1 aliphatic carbocycles. The number of fused-ring (bicyclic) bond motifs is 1. The highest BCUT2D eigenvalue weighted by atomic mass is 16.5. The number of ether oxygens (including phenoxy) is 2. The minimum Gasteiger partial charge on any atom is -0.497 e. The molecule has 1 saturated carbocycles. The molecule has 1 spiro atoms. The first kappa shape index (κ1) is 13.7. The molecule has 20 heavy (non-hydrogen) atoms. The summed E-state index contributed by atoms with van der Waals surface area (Å²) in [5.41, 5.74) is 0.702. The van der Waals surface area contributed by atoms with E-state index < -0.39 is 6.10 Å². The van der Waals surface area contributed by atoms with Gasteiger partial charge in [-0.1, -0.05) is 13.8 Å². The van der Waals surface area contributed by atoms with Gasteiger partial charge in [0, 0.05) is 18.1 Å². The Morgan fingerprint density at radius 1 is 1.25 bits per heavy atom. The Bertz CT molecular complexity index is 499. The van der Waals surface area contributed by atoms with Gasteiger partial charge in [0.05, 0.1) is 13.2 Å². The van der Waals surface area contributed by atoms with E-state index in [0.717, 1.165) is 35.8 Å². The Morgan fingerprint density at radius 3 is 2.75 bits per heavy atom. The summed E-state index contributed by atoms with van der Waals surface area (Å²) >= 11 is 0. The second-order valence-electron chi connectivity index (χ2n) is 6.61. The molecule has 0 radical (unpaired) electrons. The normalized spacial score (nSPS) is 36.3. The molecule has 2 aliphatic rings. The first-order chi connectivity index (χ1) is 9.53. The lowest BCUT2D eigenvalue weighted by Gasteiger charge is -2.46. The van der Waals surface area contributed by atoms with E-state index in [1.165, 1.54) is 6.42 Å². The summed E-state index contributed by atoms with van der Waals surface area (Å²) < 4.78 is 11.6. The Balaban J connectivity index is 1.91. The van der Waals surface area contributed by atoms with Crippen LogP contribution in [0.3, 0.4) is 0 Å². The van der Waals surface area contributed by atoms with Gasteiger partial charge in [-0.3, -0.25) is 0 Å². The lowest BCUT2D eigenvalue weighted by atomic mass is 9.69. The van der Waals surface area contributed by atoms with Crippen molar-refractivity contribution in [1.82, 2.24) is 0 Å². The highest BCUT2D eigenvalue weighted by molar-refractivity contribution is 5.44. The highest BCUT2D eigenvalue weighted by Gasteiger charge is 2.44. The van der Waals surface area contributed by atoms with Gasteiger partial charge >= 0.3 is 0 Å². The largest absolute Gasteiger partial charge is 0.497 e. The molecule has 0 aromatic heterocycles. The molecule has 0 bridgehead atoms. The lowest BCUT2D eigenvalue weighted by Crippen LogP contribution is -2.46. The van der Waals surface area contributed by atoms with Crippen molar-refractivity contribution < 1.29 is 14.6 Å². The Morgan fingerprint density at radius 2 is 2.05 bits per heavy atom. The molecule has 3 nitrogen and oxygen atoms in total. The van der Waals surface area contributed by atoms with Crippen LogP contribution in [-0.2, 0) is 0 Å². The van der Waals surface area contributed by atoms with Crippen LogP contribution in [0.15, 0.2) is 18.2 Å². The molecule has 3 unspecified atom stereocenters. The van der Waals surface area contributed by atoms with E-state index in [2.05, 4.69) is 13.8 Å².